The van der Waals surface area contributed by atoms with Gasteiger partial charge in [0.25, 0.3) is 0 Å². The van der Waals surface area contributed by atoms with Crippen molar-refractivity contribution < 1.29 is 14.7 Å². The molecular formula is C29H35N3O3. The standard InChI is InChI=1S/C29H35N3O3/c1-19(2)28(33)30-24-10-8-9-23(17-24)22-13-15-31(16-14-22)18-26-20(3)32(21(4)27(26)29(34)35)25-11-6-5-7-12-25/h5-12,17,19,22H,13-16,18H2,1-4H3,(H,30,33)(H,34,35). The molecule has 0 radical (unpaired) electrons. The van der Waals surface area contributed by atoms with Gasteiger partial charge in [-0.3, -0.25) is 9.69 Å². The summed E-state index contributed by atoms with van der Waals surface area (Å²) >= 11 is 0. The molecule has 0 aliphatic carbocycles. The zero-order valence-electron chi connectivity index (χ0n) is 21.0. The van der Waals surface area contributed by atoms with Crippen molar-refractivity contribution in [2.24, 2.45) is 5.92 Å². The van der Waals surface area contributed by atoms with Crippen molar-refractivity contribution in [1.82, 2.24) is 9.47 Å². The lowest BCUT2D eigenvalue weighted by Gasteiger charge is -2.32. The zero-order chi connectivity index (χ0) is 25.1. The first-order valence-electron chi connectivity index (χ1n) is 12.4. The molecule has 1 saturated heterocycles. The van der Waals surface area contributed by atoms with Crippen molar-refractivity contribution in [2.45, 2.75) is 53.0 Å². The number of hydrogen-bond acceptors (Lipinski definition) is 3. The molecule has 3 aromatic rings. The highest BCUT2D eigenvalue weighted by molar-refractivity contribution is 5.92. The third-order valence-electron chi connectivity index (χ3n) is 7.12. The van der Waals surface area contributed by atoms with Gasteiger partial charge >= 0.3 is 5.97 Å². The van der Waals surface area contributed by atoms with Gasteiger partial charge in [-0.2, -0.15) is 0 Å². The summed E-state index contributed by atoms with van der Waals surface area (Å²) in [5.74, 6) is -0.469. The summed E-state index contributed by atoms with van der Waals surface area (Å²) < 4.78 is 2.06. The predicted octanol–water partition coefficient (Wildman–Crippen LogP) is 5.77. The molecule has 1 aliphatic heterocycles. The first kappa shape index (κ1) is 24.7. The number of piperidine rings is 1. The van der Waals surface area contributed by atoms with E-state index in [2.05, 4.69) is 26.9 Å². The van der Waals surface area contributed by atoms with Gasteiger partial charge in [0.05, 0.1) is 5.56 Å². The highest BCUT2D eigenvalue weighted by Crippen LogP contribution is 2.32. The third kappa shape index (κ3) is 5.33. The summed E-state index contributed by atoms with van der Waals surface area (Å²) in [7, 11) is 0. The molecule has 0 bridgehead atoms. The first-order chi connectivity index (χ1) is 16.8. The number of carboxylic acid groups (broad SMARTS) is 1. The summed E-state index contributed by atoms with van der Waals surface area (Å²) in [5.41, 5.74) is 6.16. The molecule has 0 unspecified atom stereocenters. The topological polar surface area (TPSA) is 74.6 Å². The average molecular weight is 474 g/mol. The molecule has 35 heavy (non-hydrogen) atoms. The monoisotopic (exact) mass is 473 g/mol. The second-order valence-electron chi connectivity index (χ2n) is 9.82. The highest BCUT2D eigenvalue weighted by Gasteiger charge is 2.27. The fourth-order valence-corrected chi connectivity index (χ4v) is 5.14. The van der Waals surface area contributed by atoms with Crippen molar-refractivity contribution in [2.75, 3.05) is 18.4 Å². The maximum atomic E-state index is 12.2. The Morgan fingerprint density at radius 3 is 2.31 bits per heavy atom. The maximum absolute atomic E-state index is 12.2. The normalized spacial score (nSPS) is 14.9. The Morgan fingerprint density at radius 1 is 1.00 bits per heavy atom. The number of amides is 1. The van der Waals surface area contributed by atoms with Crippen LogP contribution in [0.5, 0.6) is 0 Å². The summed E-state index contributed by atoms with van der Waals surface area (Å²) in [6.45, 7) is 10.1. The van der Waals surface area contributed by atoms with Gasteiger partial charge in [0.2, 0.25) is 5.91 Å². The van der Waals surface area contributed by atoms with E-state index in [4.69, 9.17) is 0 Å². The molecule has 1 amide bonds. The number of nitrogens with zero attached hydrogens (tertiary/aromatic N) is 2. The molecule has 6 heteroatoms. The first-order valence-corrected chi connectivity index (χ1v) is 12.4. The second kappa shape index (κ2) is 10.5. The van der Waals surface area contributed by atoms with E-state index in [9.17, 15) is 14.7 Å². The molecule has 4 rings (SSSR count). The van der Waals surface area contributed by atoms with Gasteiger partial charge < -0.3 is 15.0 Å². The summed E-state index contributed by atoms with van der Waals surface area (Å²) in [5, 5.41) is 13.0. The molecule has 1 aliphatic rings. The van der Waals surface area contributed by atoms with Gasteiger partial charge in [-0.05, 0) is 75.5 Å². The molecule has 6 nitrogen and oxygen atoms in total. The SMILES string of the molecule is Cc1c(CN2CCC(c3cccc(NC(=O)C(C)C)c3)CC2)c(C(=O)O)c(C)n1-c1ccccc1. The number of aromatic carboxylic acids is 1. The van der Waals surface area contributed by atoms with Crippen molar-refractivity contribution in [1.29, 1.82) is 0 Å². The van der Waals surface area contributed by atoms with Crippen LogP contribution in [0.4, 0.5) is 5.69 Å². The van der Waals surface area contributed by atoms with Crippen molar-refractivity contribution >= 4 is 17.6 Å². The Morgan fingerprint density at radius 2 is 1.69 bits per heavy atom. The minimum Gasteiger partial charge on any atom is -0.478 e. The van der Waals surface area contributed by atoms with E-state index in [1.807, 2.05) is 70.2 Å². The fourth-order valence-electron chi connectivity index (χ4n) is 5.14. The van der Waals surface area contributed by atoms with E-state index >= 15 is 0 Å². The summed E-state index contributed by atoms with van der Waals surface area (Å²) in [6, 6.07) is 18.1. The van der Waals surface area contributed by atoms with E-state index in [1.165, 1.54) is 5.56 Å². The van der Waals surface area contributed by atoms with Crippen molar-refractivity contribution in [3.63, 3.8) is 0 Å². The number of para-hydroxylation sites is 1. The molecular weight excluding hydrogens is 438 g/mol. The Labute approximate surface area is 207 Å². The Hall–Kier alpha value is -3.38. The van der Waals surface area contributed by atoms with Crippen LogP contribution in [0.15, 0.2) is 54.6 Å². The quantitative estimate of drug-likeness (QED) is 0.457. The van der Waals surface area contributed by atoms with Crippen LogP contribution in [0, 0.1) is 19.8 Å². The highest BCUT2D eigenvalue weighted by atomic mass is 16.4. The van der Waals surface area contributed by atoms with Gasteiger partial charge in [-0.25, -0.2) is 4.79 Å². The Kier molecular flexibility index (Phi) is 7.41. The Balaban J connectivity index is 1.48. The largest absolute Gasteiger partial charge is 0.478 e. The van der Waals surface area contributed by atoms with Crippen LogP contribution in [0.25, 0.3) is 5.69 Å². The van der Waals surface area contributed by atoms with Crippen LogP contribution in [-0.2, 0) is 11.3 Å². The lowest BCUT2D eigenvalue weighted by molar-refractivity contribution is -0.118. The molecule has 0 spiro atoms. The van der Waals surface area contributed by atoms with Gasteiger partial charge in [-0.15, -0.1) is 0 Å². The number of hydrogen-bond donors (Lipinski definition) is 2. The number of carbonyl (C=O) groups is 2. The average Bonchev–Trinajstić information content (AvgIpc) is 3.09. The van der Waals surface area contributed by atoms with Crippen molar-refractivity contribution in [3.8, 4) is 5.69 Å². The number of nitrogens with one attached hydrogen (secondary N) is 1. The fraction of sp³-hybridized carbons (Fsp3) is 0.379. The van der Waals surface area contributed by atoms with Crippen LogP contribution in [0.3, 0.4) is 0 Å². The molecule has 184 valence electrons. The predicted molar refractivity (Wildman–Crippen MR) is 139 cm³/mol. The number of aromatic nitrogens is 1. The lowest BCUT2D eigenvalue weighted by atomic mass is 9.89. The lowest BCUT2D eigenvalue weighted by Crippen LogP contribution is -2.33. The smallest absolute Gasteiger partial charge is 0.337 e. The van der Waals surface area contributed by atoms with E-state index in [1.54, 1.807) is 0 Å². The molecule has 2 aromatic carbocycles. The maximum Gasteiger partial charge on any atom is 0.337 e. The Bertz CT molecular complexity index is 1210. The van der Waals surface area contributed by atoms with E-state index in [0.29, 0.717) is 18.0 Å². The van der Waals surface area contributed by atoms with Crippen LogP contribution in [0.1, 0.15) is 65.5 Å². The van der Waals surface area contributed by atoms with Crippen molar-refractivity contribution in [3.05, 3.63) is 82.7 Å². The van der Waals surface area contributed by atoms with Crippen LogP contribution in [-0.4, -0.2) is 39.5 Å². The van der Waals surface area contributed by atoms with Gasteiger partial charge in [0, 0.05) is 40.8 Å². The minimum atomic E-state index is -0.870. The zero-order valence-corrected chi connectivity index (χ0v) is 21.0. The number of anilines is 1. The summed E-state index contributed by atoms with van der Waals surface area (Å²) in [4.78, 5) is 26.6. The van der Waals surface area contributed by atoms with Gasteiger partial charge in [0.1, 0.15) is 0 Å². The molecule has 0 atom stereocenters. The van der Waals surface area contributed by atoms with Crippen LogP contribution < -0.4 is 5.32 Å². The minimum absolute atomic E-state index is 0.0271. The number of carboxylic acids is 1. The van der Waals surface area contributed by atoms with E-state index < -0.39 is 5.97 Å². The van der Waals surface area contributed by atoms with Crippen LogP contribution >= 0.6 is 0 Å². The molecule has 2 heterocycles. The number of rotatable bonds is 7. The molecule has 1 aromatic heterocycles. The van der Waals surface area contributed by atoms with E-state index in [0.717, 1.165) is 54.3 Å². The van der Waals surface area contributed by atoms with Gasteiger partial charge in [0.15, 0.2) is 0 Å². The number of likely N-dealkylation sites (tertiary alicyclic amines) is 1. The molecule has 0 saturated carbocycles. The second-order valence-corrected chi connectivity index (χ2v) is 9.82. The summed E-state index contributed by atoms with van der Waals surface area (Å²) in [6.07, 6.45) is 2.00. The molecule has 2 N–H and O–H groups in total. The number of carbonyl (C=O) groups excluding carboxylic acids is 1. The van der Waals surface area contributed by atoms with Crippen LogP contribution in [0.2, 0.25) is 0 Å². The van der Waals surface area contributed by atoms with Gasteiger partial charge in [-0.1, -0.05) is 44.2 Å². The molecule has 1 fully saturated rings. The number of benzene rings is 2. The van der Waals surface area contributed by atoms with E-state index in [-0.39, 0.29) is 11.8 Å². The third-order valence-corrected chi connectivity index (χ3v) is 7.12.